The van der Waals surface area contributed by atoms with Gasteiger partial charge >= 0.3 is 13.0 Å². The molecular weight excluding hydrogens is 714 g/mol. The SMILES string of the molecule is Fc1cc(F)c2c(F)ccc(B(Oc3c(F)c(F)c(F)c(F)c3F)Oc3c(F)c(F)c(F)c4c3C(F)(F)c3c(F)c(F)c(F)c(F)c3-4)c2c1. The van der Waals surface area contributed by atoms with Gasteiger partial charge in [-0.2, -0.15) is 22.0 Å². The van der Waals surface area contributed by atoms with Gasteiger partial charge in [0.2, 0.25) is 34.9 Å². The van der Waals surface area contributed by atoms with E-state index in [4.69, 9.17) is 4.65 Å². The predicted molar refractivity (Wildman–Crippen MR) is 131 cm³/mol. The third-order valence-electron chi connectivity index (χ3n) is 7.31. The lowest BCUT2D eigenvalue weighted by Gasteiger charge is -2.23. The molecule has 254 valence electrons. The zero-order chi connectivity index (χ0) is 36.2. The average Bonchev–Trinajstić information content (AvgIpc) is 3.29. The quantitative estimate of drug-likeness (QED) is 0.0783. The van der Waals surface area contributed by atoms with Crippen LogP contribution >= 0.6 is 0 Å². The first-order chi connectivity index (χ1) is 22.8. The minimum absolute atomic E-state index is 0.0665. The molecule has 0 radical (unpaired) electrons. The Balaban J connectivity index is 1.69. The molecule has 20 heteroatoms. The Morgan fingerprint density at radius 2 is 0.898 bits per heavy atom. The summed E-state index contributed by atoms with van der Waals surface area (Å²) in [4.78, 5) is 0. The van der Waals surface area contributed by atoms with Crippen molar-refractivity contribution >= 4 is 23.4 Å². The lowest BCUT2D eigenvalue weighted by molar-refractivity contribution is 0.0404. The van der Waals surface area contributed by atoms with Crippen molar-refractivity contribution in [1.82, 2.24) is 0 Å². The van der Waals surface area contributed by atoms with Crippen LogP contribution in [-0.4, -0.2) is 7.12 Å². The normalized spacial score (nSPS) is 13.2. The van der Waals surface area contributed by atoms with Crippen LogP contribution in [0.4, 0.5) is 74.6 Å². The van der Waals surface area contributed by atoms with E-state index in [1.54, 1.807) is 0 Å². The van der Waals surface area contributed by atoms with Gasteiger partial charge in [-0.25, -0.2) is 52.7 Å². The van der Waals surface area contributed by atoms with Crippen LogP contribution in [0.1, 0.15) is 11.1 Å². The van der Waals surface area contributed by atoms with E-state index >= 15 is 17.6 Å². The van der Waals surface area contributed by atoms with Gasteiger partial charge in [0.05, 0.1) is 16.5 Å². The molecule has 1 aliphatic rings. The fourth-order valence-corrected chi connectivity index (χ4v) is 5.21. The third-order valence-corrected chi connectivity index (χ3v) is 7.31. The second-order valence-electron chi connectivity index (χ2n) is 10.0. The standard InChI is InChI=1S/C29H4BF17O2/c31-5-3-6-7(1-2-8(32)10(6)9(33)4-5)30(49-28-25(44)22(41)21(40)23(42)26(28)45)48-27-14-12(16(35)19(38)24(27)43)11-13(29(14,46)47)17(36)20(39)18(37)15(11)34/h1-4H. The van der Waals surface area contributed by atoms with Crippen LogP contribution in [0.15, 0.2) is 24.3 Å². The van der Waals surface area contributed by atoms with Gasteiger partial charge in [0.25, 0.3) is 0 Å². The minimum atomic E-state index is -5.42. The summed E-state index contributed by atoms with van der Waals surface area (Å²) < 4.78 is 258. The first-order valence-electron chi connectivity index (χ1n) is 12.7. The zero-order valence-electron chi connectivity index (χ0n) is 22.6. The van der Waals surface area contributed by atoms with E-state index < -0.39 is 150 Å². The van der Waals surface area contributed by atoms with Gasteiger partial charge in [0.15, 0.2) is 46.4 Å². The predicted octanol–water partition coefficient (Wildman–Crippen LogP) is 8.90. The van der Waals surface area contributed by atoms with Crippen LogP contribution in [0.3, 0.4) is 0 Å². The number of alkyl halides is 2. The van der Waals surface area contributed by atoms with E-state index in [1.165, 1.54) is 0 Å². The summed E-state index contributed by atoms with van der Waals surface area (Å²) in [7, 11) is -3.30. The Bertz CT molecular complexity index is 2260. The van der Waals surface area contributed by atoms with Gasteiger partial charge in [-0.05, 0) is 17.5 Å². The Morgan fingerprint density at radius 1 is 0.449 bits per heavy atom. The van der Waals surface area contributed by atoms with E-state index in [0.717, 1.165) is 0 Å². The third kappa shape index (κ3) is 4.66. The fraction of sp³-hybridized carbons (Fsp3) is 0.0345. The highest BCUT2D eigenvalue weighted by atomic mass is 19.3. The number of hydrogen-bond acceptors (Lipinski definition) is 2. The van der Waals surface area contributed by atoms with Gasteiger partial charge in [0.1, 0.15) is 17.5 Å². The van der Waals surface area contributed by atoms with E-state index in [0.29, 0.717) is 6.07 Å². The van der Waals surface area contributed by atoms with Crippen LogP contribution in [0.5, 0.6) is 11.5 Å². The Labute approximate surface area is 259 Å². The average molecular weight is 718 g/mol. The van der Waals surface area contributed by atoms with E-state index in [-0.39, 0.29) is 18.2 Å². The second-order valence-corrected chi connectivity index (χ2v) is 10.0. The maximum atomic E-state index is 15.7. The number of hydrogen-bond donors (Lipinski definition) is 0. The van der Waals surface area contributed by atoms with Gasteiger partial charge in [-0.1, -0.05) is 6.07 Å². The Kier molecular flexibility index (Phi) is 7.70. The lowest BCUT2D eigenvalue weighted by atomic mass is 9.75. The molecule has 0 aliphatic heterocycles. The first-order valence-corrected chi connectivity index (χ1v) is 12.7. The van der Waals surface area contributed by atoms with Crippen LogP contribution in [0.25, 0.3) is 21.9 Å². The molecule has 1 aliphatic carbocycles. The molecule has 49 heavy (non-hydrogen) atoms. The van der Waals surface area contributed by atoms with Gasteiger partial charge in [-0.3, -0.25) is 0 Å². The molecular formula is C29H4BF17O2. The summed E-state index contributed by atoms with van der Waals surface area (Å²) in [5.74, 6) is -49.0. The van der Waals surface area contributed by atoms with Crippen molar-refractivity contribution in [3.8, 4) is 22.6 Å². The molecule has 5 aromatic carbocycles. The molecule has 0 unspecified atom stereocenters. The molecule has 5 aromatic rings. The second kappa shape index (κ2) is 11.2. The first kappa shape index (κ1) is 33.7. The minimum Gasteiger partial charge on any atom is -0.519 e. The molecule has 0 aromatic heterocycles. The lowest BCUT2D eigenvalue weighted by Crippen LogP contribution is -2.44. The van der Waals surface area contributed by atoms with Crippen molar-refractivity contribution in [1.29, 1.82) is 0 Å². The highest BCUT2D eigenvalue weighted by molar-refractivity contribution is 6.65. The maximum Gasteiger partial charge on any atom is 0.633 e. The van der Waals surface area contributed by atoms with Crippen LogP contribution in [-0.2, 0) is 5.92 Å². The fourth-order valence-electron chi connectivity index (χ4n) is 5.21. The molecule has 0 saturated heterocycles. The molecule has 0 atom stereocenters. The van der Waals surface area contributed by atoms with Gasteiger partial charge in [0, 0.05) is 22.7 Å². The summed E-state index contributed by atoms with van der Waals surface area (Å²) in [6, 6.07) is 0.852. The summed E-state index contributed by atoms with van der Waals surface area (Å²) in [6.45, 7) is 0. The van der Waals surface area contributed by atoms with Crippen molar-refractivity contribution in [3.05, 3.63) is 123 Å². The van der Waals surface area contributed by atoms with Crippen molar-refractivity contribution in [3.63, 3.8) is 0 Å². The molecule has 0 fully saturated rings. The summed E-state index contributed by atoms with van der Waals surface area (Å²) in [5, 5.41) is -2.39. The molecule has 2 nitrogen and oxygen atoms in total. The Hall–Kier alpha value is -5.17. The molecule has 0 amide bonds. The molecule has 0 spiro atoms. The van der Waals surface area contributed by atoms with Crippen LogP contribution in [0, 0.1) is 87.3 Å². The number of benzene rings is 5. The molecule has 6 rings (SSSR count). The number of rotatable bonds is 5. The topological polar surface area (TPSA) is 18.5 Å². The molecule has 0 N–H and O–H groups in total. The zero-order valence-corrected chi connectivity index (χ0v) is 22.6. The smallest absolute Gasteiger partial charge is 0.519 e. The van der Waals surface area contributed by atoms with Gasteiger partial charge < -0.3 is 9.31 Å². The van der Waals surface area contributed by atoms with Crippen LogP contribution in [0.2, 0.25) is 0 Å². The van der Waals surface area contributed by atoms with Crippen molar-refractivity contribution in [2.75, 3.05) is 0 Å². The van der Waals surface area contributed by atoms with E-state index in [2.05, 4.69) is 4.65 Å². The maximum absolute atomic E-state index is 15.7. The Morgan fingerprint density at radius 3 is 1.49 bits per heavy atom. The molecule has 0 bridgehead atoms. The largest absolute Gasteiger partial charge is 0.633 e. The van der Waals surface area contributed by atoms with E-state index in [1.807, 2.05) is 0 Å². The monoisotopic (exact) mass is 718 g/mol. The number of halogens is 17. The van der Waals surface area contributed by atoms with Crippen LogP contribution < -0.4 is 14.8 Å². The number of fused-ring (bicyclic) bond motifs is 4. The van der Waals surface area contributed by atoms with E-state index in [9.17, 15) is 57.1 Å². The summed E-state index contributed by atoms with van der Waals surface area (Å²) in [5.41, 5.74) is -10.7. The highest BCUT2D eigenvalue weighted by Gasteiger charge is 2.56. The molecule has 0 saturated carbocycles. The summed E-state index contributed by atoms with van der Waals surface area (Å²) >= 11 is 0. The van der Waals surface area contributed by atoms with Crippen molar-refractivity contribution in [2.45, 2.75) is 5.92 Å². The van der Waals surface area contributed by atoms with Gasteiger partial charge in [-0.15, -0.1) is 0 Å². The van der Waals surface area contributed by atoms with Crippen molar-refractivity contribution < 1.29 is 83.9 Å². The molecule has 0 heterocycles. The van der Waals surface area contributed by atoms with Crippen molar-refractivity contribution in [2.24, 2.45) is 0 Å². The summed E-state index contributed by atoms with van der Waals surface area (Å²) in [6.07, 6.45) is 0. The highest BCUT2D eigenvalue weighted by Crippen LogP contribution is 2.58.